The third kappa shape index (κ3) is 3.40. The lowest BCUT2D eigenvalue weighted by molar-refractivity contribution is -0.384. The highest BCUT2D eigenvalue weighted by molar-refractivity contribution is 9.10. The maximum Gasteiger partial charge on any atom is 0.293 e. The molecule has 0 amide bonds. The van der Waals surface area contributed by atoms with E-state index in [0.29, 0.717) is 20.7 Å². The molecule has 0 radical (unpaired) electrons. The molecule has 2 aromatic rings. The van der Waals surface area contributed by atoms with E-state index in [0.717, 1.165) is 0 Å². The Hall–Kier alpha value is -1.79. The fourth-order valence-electron chi connectivity index (χ4n) is 1.69. The van der Waals surface area contributed by atoms with E-state index in [4.69, 9.17) is 11.6 Å². The molecule has 20 heavy (non-hydrogen) atoms. The number of rotatable bonds is 4. The molecule has 5 nitrogen and oxygen atoms in total. The Balaban J connectivity index is 2.23. The Morgan fingerprint density at radius 1 is 1.30 bits per heavy atom. The minimum atomic E-state index is -0.467. The summed E-state index contributed by atoms with van der Waals surface area (Å²) < 4.78 is 0.625. The first-order valence-electron chi connectivity index (χ1n) is 5.62. The minimum absolute atomic E-state index is 0.0408. The summed E-state index contributed by atoms with van der Waals surface area (Å²) in [5.74, 6) is 0.0849. The summed E-state index contributed by atoms with van der Waals surface area (Å²) in [6.45, 7) is 0.231. The van der Waals surface area contributed by atoms with Gasteiger partial charge in [-0.1, -0.05) is 27.5 Å². The van der Waals surface area contributed by atoms with Crippen molar-refractivity contribution in [1.29, 1.82) is 0 Å². The molecule has 0 aliphatic rings. The molecule has 0 aliphatic heterocycles. The fraction of sp³-hybridized carbons (Fsp3) is 0.0769. The van der Waals surface area contributed by atoms with E-state index in [1.165, 1.54) is 12.1 Å². The largest absolute Gasteiger partial charge is 0.508 e. The van der Waals surface area contributed by atoms with Crippen LogP contribution in [0.5, 0.6) is 5.75 Å². The number of aromatic hydroxyl groups is 1. The topological polar surface area (TPSA) is 75.4 Å². The summed E-state index contributed by atoms with van der Waals surface area (Å²) >= 11 is 9.04. The van der Waals surface area contributed by atoms with Gasteiger partial charge >= 0.3 is 0 Å². The first-order valence-corrected chi connectivity index (χ1v) is 6.79. The molecule has 0 saturated heterocycles. The summed E-state index contributed by atoms with van der Waals surface area (Å²) in [6.07, 6.45) is 0. The summed E-state index contributed by atoms with van der Waals surface area (Å²) in [7, 11) is 0. The van der Waals surface area contributed by atoms with Crippen molar-refractivity contribution in [2.24, 2.45) is 0 Å². The van der Waals surface area contributed by atoms with Gasteiger partial charge in [-0.15, -0.1) is 0 Å². The van der Waals surface area contributed by atoms with Crippen molar-refractivity contribution in [3.8, 4) is 5.75 Å². The number of hydrogen-bond acceptors (Lipinski definition) is 4. The Bertz CT molecular complexity index is 664. The van der Waals surface area contributed by atoms with Crippen LogP contribution in [0.1, 0.15) is 5.56 Å². The van der Waals surface area contributed by atoms with E-state index >= 15 is 0 Å². The van der Waals surface area contributed by atoms with Gasteiger partial charge in [0.15, 0.2) is 0 Å². The minimum Gasteiger partial charge on any atom is -0.508 e. The van der Waals surface area contributed by atoms with Crippen molar-refractivity contribution in [3.05, 3.63) is 61.6 Å². The second-order valence-corrected chi connectivity index (χ2v) is 5.40. The van der Waals surface area contributed by atoms with Crippen LogP contribution in [-0.2, 0) is 6.54 Å². The highest BCUT2D eigenvalue weighted by Gasteiger charge is 2.14. The molecule has 0 heterocycles. The first kappa shape index (κ1) is 14.6. The van der Waals surface area contributed by atoms with E-state index in [-0.39, 0.29) is 18.0 Å². The van der Waals surface area contributed by atoms with Gasteiger partial charge in [0.2, 0.25) is 0 Å². The second-order valence-electron chi connectivity index (χ2n) is 4.05. The van der Waals surface area contributed by atoms with Crippen LogP contribution in [0.15, 0.2) is 40.9 Å². The number of nitrogens with one attached hydrogen (secondary N) is 1. The lowest BCUT2D eigenvalue weighted by Gasteiger charge is -2.09. The van der Waals surface area contributed by atoms with Crippen molar-refractivity contribution in [2.75, 3.05) is 5.32 Å². The number of nitrogens with zero attached hydrogens (tertiary/aromatic N) is 1. The molecular formula is C13H10BrClN2O3. The number of phenolic OH excluding ortho intramolecular Hbond substituents is 1. The molecule has 2 N–H and O–H groups in total. The standard InChI is InChI=1S/C13H10BrClN2O3/c14-9-1-3-11(12(6-9)17(19)20)16-7-8-5-10(15)2-4-13(8)18/h1-6,16,18H,7H2. The molecule has 0 spiro atoms. The van der Waals surface area contributed by atoms with Crippen LogP contribution in [0.25, 0.3) is 0 Å². The van der Waals surface area contributed by atoms with Gasteiger partial charge in [0.1, 0.15) is 11.4 Å². The lowest BCUT2D eigenvalue weighted by atomic mass is 10.2. The number of phenols is 1. The highest BCUT2D eigenvalue weighted by atomic mass is 79.9. The first-order chi connectivity index (χ1) is 9.47. The third-order valence-electron chi connectivity index (χ3n) is 2.67. The molecule has 0 bridgehead atoms. The smallest absolute Gasteiger partial charge is 0.293 e. The molecule has 0 aliphatic carbocycles. The molecule has 2 aromatic carbocycles. The van der Waals surface area contributed by atoms with Crippen LogP contribution in [0.2, 0.25) is 5.02 Å². The van der Waals surface area contributed by atoms with E-state index in [9.17, 15) is 15.2 Å². The van der Waals surface area contributed by atoms with E-state index < -0.39 is 4.92 Å². The molecule has 0 aromatic heterocycles. The average molecular weight is 358 g/mol. The van der Waals surface area contributed by atoms with E-state index in [2.05, 4.69) is 21.2 Å². The van der Waals surface area contributed by atoms with Gasteiger partial charge in [-0.25, -0.2) is 0 Å². The van der Waals surface area contributed by atoms with Crippen molar-refractivity contribution >= 4 is 38.9 Å². The maximum absolute atomic E-state index is 11.0. The van der Waals surface area contributed by atoms with Crippen LogP contribution in [-0.4, -0.2) is 10.0 Å². The van der Waals surface area contributed by atoms with Gasteiger partial charge in [-0.3, -0.25) is 10.1 Å². The Morgan fingerprint density at radius 2 is 2.05 bits per heavy atom. The average Bonchev–Trinajstić information content (AvgIpc) is 2.40. The van der Waals surface area contributed by atoms with E-state index in [1.54, 1.807) is 24.3 Å². The Labute approximate surface area is 128 Å². The zero-order valence-electron chi connectivity index (χ0n) is 10.1. The molecule has 0 fully saturated rings. The molecule has 0 unspecified atom stereocenters. The predicted molar refractivity (Wildman–Crippen MR) is 81.2 cm³/mol. The number of halogens is 2. The van der Waals surface area contributed by atoms with Gasteiger partial charge in [0.25, 0.3) is 5.69 Å². The monoisotopic (exact) mass is 356 g/mol. The molecule has 0 saturated carbocycles. The zero-order chi connectivity index (χ0) is 14.7. The van der Waals surface area contributed by atoms with E-state index in [1.807, 2.05) is 0 Å². The quantitative estimate of drug-likeness (QED) is 0.631. The van der Waals surface area contributed by atoms with Crippen LogP contribution >= 0.6 is 27.5 Å². The fourth-order valence-corrected chi connectivity index (χ4v) is 2.24. The normalized spacial score (nSPS) is 10.3. The van der Waals surface area contributed by atoms with Crippen LogP contribution in [0, 0.1) is 10.1 Å². The van der Waals surface area contributed by atoms with Crippen LogP contribution in [0.4, 0.5) is 11.4 Å². The van der Waals surface area contributed by atoms with Crippen LogP contribution < -0.4 is 5.32 Å². The summed E-state index contributed by atoms with van der Waals surface area (Å²) in [5, 5.41) is 24.1. The van der Waals surface area contributed by atoms with Gasteiger partial charge in [-0.05, 0) is 30.3 Å². The molecular weight excluding hydrogens is 348 g/mol. The Kier molecular flexibility index (Phi) is 4.46. The number of anilines is 1. The van der Waals surface area contributed by atoms with Crippen molar-refractivity contribution in [1.82, 2.24) is 0 Å². The second kappa shape index (κ2) is 6.11. The third-order valence-corrected chi connectivity index (χ3v) is 3.40. The SMILES string of the molecule is O=[N+]([O-])c1cc(Br)ccc1NCc1cc(Cl)ccc1O. The molecule has 0 atom stereocenters. The van der Waals surface area contributed by atoms with Gasteiger partial charge in [0, 0.05) is 27.7 Å². The number of nitro groups is 1. The number of benzene rings is 2. The summed E-state index contributed by atoms with van der Waals surface area (Å²) in [4.78, 5) is 10.5. The summed E-state index contributed by atoms with van der Waals surface area (Å²) in [5.41, 5.74) is 0.896. The number of nitro benzene ring substituents is 1. The van der Waals surface area contributed by atoms with Crippen molar-refractivity contribution in [2.45, 2.75) is 6.54 Å². The molecule has 104 valence electrons. The van der Waals surface area contributed by atoms with Gasteiger partial charge < -0.3 is 10.4 Å². The van der Waals surface area contributed by atoms with Gasteiger partial charge in [0.05, 0.1) is 4.92 Å². The van der Waals surface area contributed by atoms with Gasteiger partial charge in [-0.2, -0.15) is 0 Å². The maximum atomic E-state index is 11.0. The molecule has 7 heteroatoms. The molecule has 2 rings (SSSR count). The highest BCUT2D eigenvalue weighted by Crippen LogP contribution is 2.29. The predicted octanol–water partition coefficient (Wildman–Crippen LogP) is 4.33. The Morgan fingerprint density at radius 3 is 2.75 bits per heavy atom. The summed E-state index contributed by atoms with van der Waals surface area (Å²) in [6, 6.07) is 9.38. The van der Waals surface area contributed by atoms with Crippen molar-refractivity contribution < 1.29 is 10.0 Å². The van der Waals surface area contributed by atoms with Crippen molar-refractivity contribution in [3.63, 3.8) is 0 Å². The lowest BCUT2D eigenvalue weighted by Crippen LogP contribution is -2.03. The zero-order valence-corrected chi connectivity index (χ0v) is 12.5. The van der Waals surface area contributed by atoms with Crippen LogP contribution in [0.3, 0.4) is 0 Å². The number of hydrogen-bond donors (Lipinski definition) is 2.